The van der Waals surface area contributed by atoms with E-state index in [9.17, 15) is 0 Å². The zero-order valence-electron chi connectivity index (χ0n) is 11.7. The van der Waals surface area contributed by atoms with Crippen LogP contribution in [0.4, 0.5) is 0 Å². The average molecular weight is 264 g/mol. The van der Waals surface area contributed by atoms with Crippen molar-refractivity contribution in [3.8, 4) is 5.75 Å². The van der Waals surface area contributed by atoms with Crippen molar-refractivity contribution in [3.63, 3.8) is 0 Å². The number of nitrogens with zero attached hydrogens (tertiary/aromatic N) is 1. The summed E-state index contributed by atoms with van der Waals surface area (Å²) in [5.74, 6) is 0.944. The summed E-state index contributed by atoms with van der Waals surface area (Å²) in [6.07, 6.45) is 1.34. The van der Waals surface area contributed by atoms with E-state index in [1.54, 1.807) is 0 Å². The summed E-state index contributed by atoms with van der Waals surface area (Å²) >= 11 is 0. The van der Waals surface area contributed by atoms with Gasteiger partial charge in [-0.15, -0.1) is 0 Å². The predicted octanol–water partition coefficient (Wildman–Crippen LogP) is 1.38. The van der Waals surface area contributed by atoms with Crippen molar-refractivity contribution in [2.75, 3.05) is 46.4 Å². The van der Waals surface area contributed by atoms with E-state index < -0.39 is 0 Å². The number of hydrogen-bond donors (Lipinski definition) is 1. The molecule has 0 amide bonds. The van der Waals surface area contributed by atoms with Crippen LogP contribution >= 0.6 is 0 Å². The van der Waals surface area contributed by atoms with Crippen molar-refractivity contribution in [2.24, 2.45) is 0 Å². The molecule has 1 heterocycles. The quantitative estimate of drug-likeness (QED) is 0.754. The molecule has 0 bridgehead atoms. The van der Waals surface area contributed by atoms with Gasteiger partial charge in [-0.25, -0.2) is 0 Å². The Labute approximate surface area is 115 Å². The second kappa shape index (κ2) is 8.15. The van der Waals surface area contributed by atoms with Crippen LogP contribution in [0.25, 0.3) is 0 Å². The Morgan fingerprint density at radius 3 is 3.00 bits per heavy atom. The first-order valence-corrected chi connectivity index (χ1v) is 7.03. The van der Waals surface area contributed by atoms with Crippen LogP contribution in [0.5, 0.6) is 5.75 Å². The van der Waals surface area contributed by atoms with Gasteiger partial charge in [0.15, 0.2) is 0 Å². The Hall–Kier alpha value is -1.10. The first-order valence-electron chi connectivity index (χ1n) is 7.03. The van der Waals surface area contributed by atoms with Crippen molar-refractivity contribution in [1.82, 2.24) is 10.2 Å². The van der Waals surface area contributed by atoms with Crippen molar-refractivity contribution in [2.45, 2.75) is 12.5 Å². The molecule has 2 rings (SSSR count). The minimum absolute atomic E-state index is 0.328. The number of benzene rings is 1. The molecule has 0 aromatic heterocycles. The van der Waals surface area contributed by atoms with Crippen molar-refractivity contribution >= 4 is 0 Å². The molecular weight excluding hydrogens is 240 g/mol. The normalized spacial score (nSPS) is 20.4. The second-order valence-electron chi connectivity index (χ2n) is 4.97. The molecular formula is C15H24N2O2. The number of likely N-dealkylation sites (N-methyl/N-ethyl adjacent to an activating group) is 1. The van der Waals surface area contributed by atoms with Crippen LogP contribution in [0.1, 0.15) is 6.42 Å². The van der Waals surface area contributed by atoms with Crippen molar-refractivity contribution in [3.05, 3.63) is 30.3 Å². The molecule has 1 saturated heterocycles. The summed E-state index contributed by atoms with van der Waals surface area (Å²) in [7, 11) is 2.14. The molecule has 1 aliphatic rings. The lowest BCUT2D eigenvalue weighted by Crippen LogP contribution is -2.45. The van der Waals surface area contributed by atoms with Crippen LogP contribution in [0.2, 0.25) is 0 Å². The Kier molecular flexibility index (Phi) is 6.14. The van der Waals surface area contributed by atoms with Crippen LogP contribution in [0, 0.1) is 0 Å². The van der Waals surface area contributed by atoms with Gasteiger partial charge >= 0.3 is 0 Å². The zero-order valence-corrected chi connectivity index (χ0v) is 11.7. The lowest BCUT2D eigenvalue weighted by molar-refractivity contribution is -0.0180. The molecule has 106 valence electrons. The molecule has 0 spiro atoms. The first kappa shape index (κ1) is 14.3. The lowest BCUT2D eigenvalue weighted by atomic mass is 10.3. The van der Waals surface area contributed by atoms with Gasteiger partial charge in [0, 0.05) is 19.6 Å². The van der Waals surface area contributed by atoms with Crippen LogP contribution in [-0.2, 0) is 4.74 Å². The van der Waals surface area contributed by atoms with Gasteiger partial charge in [0.25, 0.3) is 0 Å². The highest BCUT2D eigenvalue weighted by molar-refractivity contribution is 5.20. The number of para-hydroxylation sites is 1. The van der Waals surface area contributed by atoms with Gasteiger partial charge < -0.3 is 19.7 Å². The molecule has 1 aromatic rings. The Morgan fingerprint density at radius 2 is 2.21 bits per heavy atom. The summed E-state index contributed by atoms with van der Waals surface area (Å²) in [6, 6.07) is 9.95. The fraction of sp³-hybridized carbons (Fsp3) is 0.600. The maximum atomic E-state index is 5.69. The number of ether oxygens (including phenoxy) is 2. The molecule has 0 radical (unpaired) electrons. The number of nitrogens with one attached hydrogen (secondary N) is 1. The van der Waals surface area contributed by atoms with Crippen LogP contribution in [0.3, 0.4) is 0 Å². The fourth-order valence-corrected chi connectivity index (χ4v) is 2.16. The van der Waals surface area contributed by atoms with Gasteiger partial charge in [0.1, 0.15) is 5.75 Å². The Morgan fingerprint density at radius 1 is 1.37 bits per heavy atom. The standard InChI is InChI=1S/C15H24N2O2/c1-17-9-11-19-15(13-17)12-16-8-5-10-18-14-6-3-2-4-7-14/h2-4,6-7,15-16H,5,8-13H2,1H3. The van der Waals surface area contributed by atoms with E-state index >= 15 is 0 Å². The SMILES string of the molecule is CN1CCOC(CNCCCOc2ccccc2)C1. The maximum Gasteiger partial charge on any atom is 0.119 e. The Bertz CT molecular complexity index is 345. The van der Waals surface area contributed by atoms with Crippen LogP contribution < -0.4 is 10.1 Å². The molecule has 4 nitrogen and oxygen atoms in total. The lowest BCUT2D eigenvalue weighted by Gasteiger charge is -2.30. The zero-order chi connectivity index (χ0) is 13.3. The summed E-state index contributed by atoms with van der Waals surface area (Å²) < 4.78 is 11.3. The van der Waals surface area contributed by atoms with Gasteiger partial charge in [0.2, 0.25) is 0 Å². The number of rotatable bonds is 7. The van der Waals surface area contributed by atoms with Crippen molar-refractivity contribution < 1.29 is 9.47 Å². The second-order valence-corrected chi connectivity index (χ2v) is 4.97. The molecule has 4 heteroatoms. The van der Waals surface area contributed by atoms with E-state index in [0.717, 1.165) is 51.6 Å². The first-order chi connectivity index (χ1) is 9.34. The molecule has 0 saturated carbocycles. The van der Waals surface area contributed by atoms with E-state index in [2.05, 4.69) is 17.3 Å². The Balaban J connectivity index is 1.48. The minimum Gasteiger partial charge on any atom is -0.494 e. The third kappa shape index (κ3) is 5.59. The van der Waals surface area contributed by atoms with E-state index in [4.69, 9.17) is 9.47 Å². The van der Waals surface area contributed by atoms with E-state index in [-0.39, 0.29) is 0 Å². The number of morpholine rings is 1. The smallest absolute Gasteiger partial charge is 0.119 e. The molecule has 1 unspecified atom stereocenters. The van der Waals surface area contributed by atoms with Crippen molar-refractivity contribution in [1.29, 1.82) is 0 Å². The largest absolute Gasteiger partial charge is 0.494 e. The van der Waals surface area contributed by atoms with Gasteiger partial charge in [-0.05, 0) is 32.1 Å². The highest BCUT2D eigenvalue weighted by atomic mass is 16.5. The highest BCUT2D eigenvalue weighted by Gasteiger charge is 2.16. The summed E-state index contributed by atoms with van der Waals surface area (Å²) in [5, 5.41) is 3.43. The van der Waals surface area contributed by atoms with E-state index in [0.29, 0.717) is 6.10 Å². The number of hydrogen-bond acceptors (Lipinski definition) is 4. The van der Waals surface area contributed by atoms with E-state index in [1.165, 1.54) is 0 Å². The molecule has 1 atom stereocenters. The monoisotopic (exact) mass is 264 g/mol. The molecule has 1 N–H and O–H groups in total. The topological polar surface area (TPSA) is 33.7 Å². The third-order valence-corrected chi connectivity index (χ3v) is 3.22. The van der Waals surface area contributed by atoms with Crippen LogP contribution in [-0.4, -0.2) is 57.4 Å². The van der Waals surface area contributed by atoms with E-state index in [1.807, 2.05) is 30.3 Å². The summed E-state index contributed by atoms with van der Waals surface area (Å²) in [6.45, 7) is 5.56. The predicted molar refractivity (Wildman–Crippen MR) is 76.7 cm³/mol. The van der Waals surface area contributed by atoms with Gasteiger partial charge in [-0.1, -0.05) is 18.2 Å². The molecule has 1 aromatic carbocycles. The van der Waals surface area contributed by atoms with Gasteiger partial charge in [-0.3, -0.25) is 0 Å². The fourth-order valence-electron chi connectivity index (χ4n) is 2.16. The molecule has 1 fully saturated rings. The van der Waals surface area contributed by atoms with Gasteiger partial charge in [0.05, 0.1) is 19.3 Å². The summed E-state index contributed by atoms with van der Waals surface area (Å²) in [5.41, 5.74) is 0. The summed E-state index contributed by atoms with van der Waals surface area (Å²) in [4.78, 5) is 2.31. The average Bonchev–Trinajstić information content (AvgIpc) is 2.44. The minimum atomic E-state index is 0.328. The molecule has 19 heavy (non-hydrogen) atoms. The van der Waals surface area contributed by atoms with Crippen LogP contribution in [0.15, 0.2) is 30.3 Å². The molecule has 1 aliphatic heterocycles. The van der Waals surface area contributed by atoms with Gasteiger partial charge in [-0.2, -0.15) is 0 Å². The molecule has 0 aliphatic carbocycles. The highest BCUT2D eigenvalue weighted by Crippen LogP contribution is 2.08. The maximum absolute atomic E-state index is 5.69. The third-order valence-electron chi connectivity index (χ3n) is 3.22.